The molecule has 0 spiro atoms. The molecule has 0 saturated carbocycles. The summed E-state index contributed by atoms with van der Waals surface area (Å²) in [5.74, 6) is 0.566. The van der Waals surface area contributed by atoms with Crippen LogP contribution in [0.15, 0.2) is 35.3 Å². The van der Waals surface area contributed by atoms with E-state index in [0.29, 0.717) is 11.0 Å². The Morgan fingerprint density at radius 3 is 2.74 bits per heavy atom. The number of hydrogen-bond acceptors (Lipinski definition) is 4. The zero-order valence-electron chi connectivity index (χ0n) is 12.7. The number of aliphatic imine (C=N–C) groups is 1. The number of carboxylic acid groups (broad SMARTS) is 1. The first-order valence-corrected chi connectivity index (χ1v) is 8.16. The minimum Gasteiger partial charge on any atom is -0.483 e. The topological polar surface area (TPSA) is 115 Å². The normalized spacial score (nSPS) is 15.7. The van der Waals surface area contributed by atoms with Crippen LogP contribution in [0.1, 0.15) is 34.9 Å². The largest absolute Gasteiger partial charge is 0.483 e. The van der Waals surface area contributed by atoms with Gasteiger partial charge in [-0.15, -0.1) is 0 Å². The molecule has 6 nitrogen and oxygen atoms in total. The Morgan fingerprint density at radius 1 is 1.39 bits per heavy atom. The number of nitrogens with two attached hydrogens (primary N) is 2. The number of aryl methyl sites for hydroxylation is 1. The molecular weight excluding hydrogens is 312 g/mol. The van der Waals surface area contributed by atoms with E-state index in [2.05, 4.69) is 40.3 Å². The molecule has 1 aliphatic carbocycles. The molecule has 0 saturated heterocycles. The van der Waals surface area contributed by atoms with Crippen LogP contribution in [0.3, 0.4) is 0 Å². The van der Waals surface area contributed by atoms with Gasteiger partial charge in [-0.05, 0) is 31.2 Å². The SMILES string of the molecule is NC(N)=Nc1nc2c(s1)CCC[C@H]2Cc1ccccc1.O=CO. The summed E-state index contributed by atoms with van der Waals surface area (Å²) in [7, 11) is 0. The van der Waals surface area contributed by atoms with E-state index in [0.717, 1.165) is 12.8 Å². The van der Waals surface area contributed by atoms with Gasteiger partial charge in [0, 0.05) is 10.8 Å². The van der Waals surface area contributed by atoms with Gasteiger partial charge in [0.2, 0.25) is 5.13 Å². The van der Waals surface area contributed by atoms with Crippen molar-refractivity contribution in [3.05, 3.63) is 46.5 Å². The first-order valence-electron chi connectivity index (χ1n) is 7.35. The smallest absolute Gasteiger partial charge is 0.290 e. The molecule has 7 heteroatoms. The quantitative estimate of drug-likeness (QED) is 0.453. The fourth-order valence-corrected chi connectivity index (χ4v) is 3.83. The summed E-state index contributed by atoms with van der Waals surface area (Å²) in [6.45, 7) is -0.250. The Hall–Kier alpha value is -2.41. The van der Waals surface area contributed by atoms with Crippen LogP contribution in [0.25, 0.3) is 0 Å². The van der Waals surface area contributed by atoms with E-state index in [9.17, 15) is 0 Å². The molecule has 0 fully saturated rings. The van der Waals surface area contributed by atoms with E-state index in [-0.39, 0.29) is 12.4 Å². The molecule has 5 N–H and O–H groups in total. The third kappa shape index (κ3) is 4.79. The van der Waals surface area contributed by atoms with Crippen molar-refractivity contribution in [1.29, 1.82) is 0 Å². The number of aromatic nitrogens is 1. The lowest BCUT2D eigenvalue weighted by Gasteiger charge is -2.20. The molecule has 0 radical (unpaired) electrons. The number of fused-ring (bicyclic) bond motifs is 1. The average Bonchev–Trinajstić information content (AvgIpc) is 2.92. The minimum absolute atomic E-state index is 0.0794. The number of carbonyl (C=O) groups is 1. The van der Waals surface area contributed by atoms with Crippen molar-refractivity contribution in [1.82, 2.24) is 4.98 Å². The van der Waals surface area contributed by atoms with Crippen LogP contribution in [-0.2, 0) is 17.6 Å². The highest BCUT2D eigenvalue weighted by Crippen LogP contribution is 2.39. The van der Waals surface area contributed by atoms with Gasteiger partial charge in [-0.25, -0.2) is 4.98 Å². The van der Waals surface area contributed by atoms with E-state index in [1.165, 1.54) is 29.0 Å². The summed E-state index contributed by atoms with van der Waals surface area (Å²) in [6, 6.07) is 10.6. The Labute approximate surface area is 138 Å². The number of guanidine groups is 1. The summed E-state index contributed by atoms with van der Waals surface area (Å²) >= 11 is 1.62. The maximum absolute atomic E-state index is 8.36. The van der Waals surface area contributed by atoms with Crippen molar-refractivity contribution in [3.63, 3.8) is 0 Å². The van der Waals surface area contributed by atoms with Crippen molar-refractivity contribution >= 4 is 28.9 Å². The molecule has 1 aromatic carbocycles. The monoisotopic (exact) mass is 332 g/mol. The lowest BCUT2D eigenvalue weighted by atomic mass is 9.86. The van der Waals surface area contributed by atoms with Crippen LogP contribution in [0.5, 0.6) is 0 Å². The van der Waals surface area contributed by atoms with Crippen LogP contribution in [0.4, 0.5) is 5.13 Å². The number of hydrogen-bond donors (Lipinski definition) is 3. The van der Waals surface area contributed by atoms with Gasteiger partial charge in [0.05, 0.1) is 5.69 Å². The van der Waals surface area contributed by atoms with Gasteiger partial charge in [0.25, 0.3) is 6.47 Å². The molecule has 3 rings (SSSR count). The van der Waals surface area contributed by atoms with Crippen molar-refractivity contribution < 1.29 is 9.90 Å². The second-order valence-corrected chi connectivity index (χ2v) is 6.29. The van der Waals surface area contributed by atoms with Gasteiger partial charge in [-0.1, -0.05) is 41.7 Å². The van der Waals surface area contributed by atoms with Crippen LogP contribution in [0.2, 0.25) is 0 Å². The third-order valence-electron chi connectivity index (χ3n) is 3.61. The Balaban J connectivity index is 0.000000595. The summed E-state index contributed by atoms with van der Waals surface area (Å²) in [4.78, 5) is 18.4. The highest BCUT2D eigenvalue weighted by atomic mass is 32.1. The Kier molecular flexibility index (Phi) is 6.10. The molecule has 1 aliphatic rings. The van der Waals surface area contributed by atoms with Crippen LogP contribution < -0.4 is 11.5 Å². The molecule has 122 valence electrons. The van der Waals surface area contributed by atoms with Gasteiger partial charge in [-0.3, -0.25) is 4.79 Å². The summed E-state index contributed by atoms with van der Waals surface area (Å²) in [5, 5.41) is 7.58. The highest BCUT2D eigenvalue weighted by molar-refractivity contribution is 7.15. The van der Waals surface area contributed by atoms with Gasteiger partial charge in [0.15, 0.2) is 5.96 Å². The molecule has 2 aromatic rings. The van der Waals surface area contributed by atoms with E-state index >= 15 is 0 Å². The highest BCUT2D eigenvalue weighted by Gasteiger charge is 2.24. The van der Waals surface area contributed by atoms with Crippen LogP contribution >= 0.6 is 11.3 Å². The molecule has 0 amide bonds. The number of benzene rings is 1. The minimum atomic E-state index is -0.250. The molecule has 0 bridgehead atoms. The van der Waals surface area contributed by atoms with E-state index in [1.807, 2.05) is 0 Å². The zero-order valence-corrected chi connectivity index (χ0v) is 13.5. The lowest BCUT2D eigenvalue weighted by molar-refractivity contribution is -0.122. The van der Waals surface area contributed by atoms with Crippen LogP contribution in [0, 0.1) is 0 Å². The first-order chi connectivity index (χ1) is 11.1. The first kappa shape index (κ1) is 17.0. The average molecular weight is 332 g/mol. The van der Waals surface area contributed by atoms with Crippen molar-refractivity contribution in [2.75, 3.05) is 0 Å². The fourth-order valence-electron chi connectivity index (χ4n) is 2.75. The second kappa shape index (κ2) is 8.28. The van der Waals surface area contributed by atoms with Crippen molar-refractivity contribution in [2.24, 2.45) is 16.5 Å². The summed E-state index contributed by atoms with van der Waals surface area (Å²) < 4.78 is 0. The molecule has 1 heterocycles. The van der Waals surface area contributed by atoms with Crippen LogP contribution in [-0.4, -0.2) is 22.5 Å². The predicted molar refractivity (Wildman–Crippen MR) is 92.1 cm³/mol. The van der Waals surface area contributed by atoms with Gasteiger partial charge < -0.3 is 16.6 Å². The van der Waals surface area contributed by atoms with Crippen molar-refractivity contribution in [2.45, 2.75) is 31.6 Å². The molecule has 0 unspecified atom stereocenters. The Bertz CT molecular complexity index is 666. The number of rotatable bonds is 3. The maximum atomic E-state index is 8.36. The molecule has 1 atom stereocenters. The van der Waals surface area contributed by atoms with Gasteiger partial charge in [-0.2, -0.15) is 4.99 Å². The molecular formula is C16H20N4O2S. The van der Waals surface area contributed by atoms with E-state index < -0.39 is 0 Å². The fraction of sp³-hybridized carbons (Fsp3) is 0.312. The Morgan fingerprint density at radius 2 is 2.09 bits per heavy atom. The maximum Gasteiger partial charge on any atom is 0.290 e. The second-order valence-electron chi connectivity index (χ2n) is 5.23. The lowest BCUT2D eigenvalue weighted by Crippen LogP contribution is -2.21. The van der Waals surface area contributed by atoms with E-state index in [1.54, 1.807) is 11.3 Å². The number of thiazole rings is 1. The standard InChI is InChI=1S/C15H18N4S.CH2O2/c16-14(17)19-15-18-13-11(7-4-8-12(13)20-15)9-10-5-2-1-3-6-10;2-1-3/h1-3,5-6,11H,4,7-9H2,(H4,16,17,18,19);1H,(H,2,3)/t11-;/m0./s1. The summed E-state index contributed by atoms with van der Waals surface area (Å²) in [5.41, 5.74) is 13.4. The molecule has 1 aromatic heterocycles. The van der Waals surface area contributed by atoms with Crippen molar-refractivity contribution in [3.8, 4) is 0 Å². The predicted octanol–water partition coefficient (Wildman–Crippen LogP) is 2.41. The van der Waals surface area contributed by atoms with Gasteiger partial charge >= 0.3 is 0 Å². The zero-order chi connectivity index (χ0) is 16.7. The molecule has 0 aliphatic heterocycles. The molecule has 23 heavy (non-hydrogen) atoms. The van der Waals surface area contributed by atoms with Gasteiger partial charge in [0.1, 0.15) is 0 Å². The summed E-state index contributed by atoms with van der Waals surface area (Å²) in [6.07, 6.45) is 4.54. The third-order valence-corrected chi connectivity index (χ3v) is 4.63. The number of nitrogens with zero attached hydrogens (tertiary/aromatic N) is 2. The van der Waals surface area contributed by atoms with E-state index in [4.69, 9.17) is 21.4 Å².